The van der Waals surface area contributed by atoms with Crippen molar-refractivity contribution < 1.29 is 4.79 Å². The van der Waals surface area contributed by atoms with Gasteiger partial charge in [0.05, 0.1) is 0 Å². The van der Waals surface area contributed by atoms with Crippen LogP contribution < -0.4 is 0 Å². The van der Waals surface area contributed by atoms with Gasteiger partial charge in [0.25, 0.3) is 0 Å². The van der Waals surface area contributed by atoms with Crippen LogP contribution >= 0.6 is 0 Å². The van der Waals surface area contributed by atoms with Crippen molar-refractivity contribution in [3.8, 4) is 0 Å². The van der Waals surface area contributed by atoms with Gasteiger partial charge in [-0.1, -0.05) is 213 Å². The SMILES string of the molecule is CCCCCCCCCCCCCCCCCCCCCCCCCCCCC(=O)CCCCCCCCC. The van der Waals surface area contributed by atoms with Crippen LogP contribution in [0.1, 0.15) is 239 Å². The lowest BCUT2D eigenvalue weighted by molar-refractivity contribution is -0.119. The molecule has 0 unspecified atom stereocenters. The molecule has 39 heavy (non-hydrogen) atoms. The molecule has 234 valence electrons. The van der Waals surface area contributed by atoms with E-state index in [1.807, 2.05) is 0 Å². The lowest BCUT2D eigenvalue weighted by Crippen LogP contribution is -1.97. The molecule has 0 aromatic carbocycles. The minimum Gasteiger partial charge on any atom is -0.300 e. The standard InChI is InChI=1S/C38H76O/c1-3-5-7-9-11-12-13-14-15-16-17-18-19-20-21-22-23-24-25-26-27-28-29-31-33-35-37-38(39)36-34-32-30-10-8-6-4-2/h3-37H2,1-2H3. The average molecular weight is 549 g/mol. The second kappa shape index (κ2) is 35.7. The predicted molar refractivity (Wildman–Crippen MR) is 178 cm³/mol. The summed E-state index contributed by atoms with van der Waals surface area (Å²) in [6.45, 7) is 4.57. The van der Waals surface area contributed by atoms with Gasteiger partial charge in [-0.05, 0) is 12.8 Å². The number of rotatable bonds is 35. The minimum absolute atomic E-state index is 0.521. The Morgan fingerprint density at radius 1 is 0.256 bits per heavy atom. The molecular weight excluding hydrogens is 472 g/mol. The molecule has 1 nitrogen and oxygen atoms in total. The summed E-state index contributed by atoms with van der Waals surface area (Å²) < 4.78 is 0. The van der Waals surface area contributed by atoms with E-state index < -0.39 is 0 Å². The number of unbranched alkanes of at least 4 members (excludes halogenated alkanes) is 31. The zero-order valence-electron chi connectivity index (χ0n) is 27.7. The van der Waals surface area contributed by atoms with Crippen molar-refractivity contribution in [1.82, 2.24) is 0 Å². The molecule has 0 aliphatic carbocycles. The van der Waals surface area contributed by atoms with E-state index in [1.165, 1.54) is 199 Å². The number of ketones is 1. The molecule has 0 aromatic heterocycles. The molecule has 0 saturated heterocycles. The molecule has 0 heterocycles. The maximum absolute atomic E-state index is 12.0. The summed E-state index contributed by atoms with van der Waals surface area (Å²) in [5.41, 5.74) is 0. The molecule has 0 saturated carbocycles. The number of hydrogen-bond donors (Lipinski definition) is 0. The van der Waals surface area contributed by atoms with Crippen LogP contribution in [0.2, 0.25) is 0 Å². The summed E-state index contributed by atoms with van der Waals surface area (Å²) in [6.07, 6.45) is 48.1. The first kappa shape index (κ1) is 38.7. The second-order valence-corrected chi connectivity index (χ2v) is 13.0. The van der Waals surface area contributed by atoms with Crippen molar-refractivity contribution in [3.05, 3.63) is 0 Å². The topological polar surface area (TPSA) is 17.1 Å². The summed E-state index contributed by atoms with van der Waals surface area (Å²) >= 11 is 0. The smallest absolute Gasteiger partial charge is 0.132 e. The summed E-state index contributed by atoms with van der Waals surface area (Å²) in [4.78, 5) is 12.0. The van der Waals surface area contributed by atoms with E-state index in [9.17, 15) is 4.79 Å². The fraction of sp³-hybridized carbons (Fsp3) is 0.974. The van der Waals surface area contributed by atoms with E-state index in [4.69, 9.17) is 0 Å². The molecule has 0 bridgehead atoms. The molecule has 0 amide bonds. The Labute approximate surface area is 248 Å². The van der Waals surface area contributed by atoms with Crippen molar-refractivity contribution in [2.75, 3.05) is 0 Å². The van der Waals surface area contributed by atoms with E-state index in [2.05, 4.69) is 13.8 Å². The van der Waals surface area contributed by atoms with E-state index in [0.717, 1.165) is 25.7 Å². The fourth-order valence-electron chi connectivity index (χ4n) is 6.04. The van der Waals surface area contributed by atoms with Crippen molar-refractivity contribution in [2.24, 2.45) is 0 Å². The highest BCUT2D eigenvalue weighted by Crippen LogP contribution is 2.16. The van der Waals surface area contributed by atoms with Gasteiger partial charge in [0, 0.05) is 12.8 Å². The second-order valence-electron chi connectivity index (χ2n) is 13.0. The van der Waals surface area contributed by atoms with Gasteiger partial charge in [0.2, 0.25) is 0 Å². The van der Waals surface area contributed by atoms with Crippen molar-refractivity contribution in [3.63, 3.8) is 0 Å². The largest absolute Gasteiger partial charge is 0.300 e. The maximum Gasteiger partial charge on any atom is 0.132 e. The Kier molecular flexibility index (Phi) is 35.4. The Morgan fingerprint density at radius 3 is 0.590 bits per heavy atom. The van der Waals surface area contributed by atoms with Crippen LogP contribution in [0.3, 0.4) is 0 Å². The highest BCUT2D eigenvalue weighted by molar-refractivity contribution is 5.78. The van der Waals surface area contributed by atoms with Crippen molar-refractivity contribution in [2.45, 2.75) is 239 Å². The molecule has 0 aromatic rings. The molecule has 0 fully saturated rings. The van der Waals surface area contributed by atoms with Crippen molar-refractivity contribution >= 4 is 5.78 Å². The molecular formula is C38H76O. The van der Waals surface area contributed by atoms with Crippen LogP contribution in [0, 0.1) is 0 Å². The monoisotopic (exact) mass is 549 g/mol. The molecule has 0 N–H and O–H groups in total. The lowest BCUT2D eigenvalue weighted by atomic mass is 10.0. The Bertz CT molecular complexity index is 442. The summed E-state index contributed by atoms with van der Waals surface area (Å²) in [5, 5.41) is 0. The normalized spacial score (nSPS) is 11.4. The third-order valence-corrected chi connectivity index (χ3v) is 8.87. The first-order valence-electron chi connectivity index (χ1n) is 18.8. The maximum atomic E-state index is 12.0. The van der Waals surface area contributed by atoms with Gasteiger partial charge in [-0.15, -0.1) is 0 Å². The quantitative estimate of drug-likeness (QED) is 0.0720. The highest BCUT2D eigenvalue weighted by Gasteiger charge is 2.02. The lowest BCUT2D eigenvalue weighted by Gasteiger charge is -2.05. The Balaban J connectivity index is 3.09. The zero-order valence-corrected chi connectivity index (χ0v) is 27.7. The molecule has 0 rings (SSSR count). The summed E-state index contributed by atoms with van der Waals surface area (Å²) in [5.74, 6) is 0.521. The molecule has 0 spiro atoms. The first-order valence-corrected chi connectivity index (χ1v) is 18.8. The van der Waals surface area contributed by atoms with Gasteiger partial charge in [0.15, 0.2) is 0 Å². The third-order valence-electron chi connectivity index (χ3n) is 8.87. The van der Waals surface area contributed by atoms with Gasteiger partial charge < -0.3 is 0 Å². The average Bonchev–Trinajstić information content (AvgIpc) is 2.94. The number of carbonyl (C=O) groups is 1. The minimum atomic E-state index is 0.521. The van der Waals surface area contributed by atoms with Crippen LogP contribution in [-0.2, 0) is 4.79 Å². The van der Waals surface area contributed by atoms with Crippen molar-refractivity contribution in [1.29, 1.82) is 0 Å². The van der Waals surface area contributed by atoms with Gasteiger partial charge in [-0.2, -0.15) is 0 Å². The molecule has 0 radical (unpaired) electrons. The molecule has 0 aliphatic rings. The molecule has 0 atom stereocenters. The number of carbonyl (C=O) groups excluding carboxylic acids is 1. The van der Waals surface area contributed by atoms with Gasteiger partial charge >= 0.3 is 0 Å². The molecule has 0 aliphatic heterocycles. The van der Waals surface area contributed by atoms with Crippen LogP contribution in [0.25, 0.3) is 0 Å². The van der Waals surface area contributed by atoms with E-state index in [-0.39, 0.29) is 0 Å². The van der Waals surface area contributed by atoms with E-state index in [0.29, 0.717) is 5.78 Å². The molecule has 1 heteroatoms. The Hall–Kier alpha value is -0.330. The summed E-state index contributed by atoms with van der Waals surface area (Å²) in [6, 6.07) is 0. The van der Waals surface area contributed by atoms with Crippen LogP contribution in [-0.4, -0.2) is 5.78 Å². The van der Waals surface area contributed by atoms with Gasteiger partial charge in [-0.25, -0.2) is 0 Å². The van der Waals surface area contributed by atoms with E-state index in [1.54, 1.807) is 0 Å². The predicted octanol–water partition coefficient (Wildman–Crippen LogP) is 14.2. The third kappa shape index (κ3) is 35.6. The van der Waals surface area contributed by atoms with Crippen LogP contribution in [0.5, 0.6) is 0 Å². The van der Waals surface area contributed by atoms with Gasteiger partial charge in [0.1, 0.15) is 5.78 Å². The summed E-state index contributed by atoms with van der Waals surface area (Å²) in [7, 11) is 0. The number of hydrogen-bond acceptors (Lipinski definition) is 1. The van der Waals surface area contributed by atoms with E-state index >= 15 is 0 Å². The highest BCUT2D eigenvalue weighted by atomic mass is 16.1. The van der Waals surface area contributed by atoms with Gasteiger partial charge in [-0.3, -0.25) is 4.79 Å². The first-order chi connectivity index (χ1) is 19.3. The zero-order chi connectivity index (χ0) is 28.3. The van der Waals surface area contributed by atoms with Crippen LogP contribution in [0.4, 0.5) is 0 Å². The Morgan fingerprint density at radius 2 is 0.410 bits per heavy atom. The fourth-order valence-corrected chi connectivity index (χ4v) is 6.04. The number of Topliss-reactive ketones (excluding diaryl/α,β-unsaturated/α-hetero) is 1. The van der Waals surface area contributed by atoms with Crippen LogP contribution in [0.15, 0.2) is 0 Å².